The van der Waals surface area contributed by atoms with Crippen molar-refractivity contribution in [2.24, 2.45) is 11.8 Å². The fourth-order valence-corrected chi connectivity index (χ4v) is 4.00. The minimum atomic E-state index is 0.745. The molecule has 112 valence electrons. The molecule has 2 heteroatoms. The van der Waals surface area contributed by atoms with Gasteiger partial charge < -0.3 is 5.32 Å². The molecular formula is C17H34N2. The lowest BCUT2D eigenvalue weighted by molar-refractivity contribution is 0.0937. The Labute approximate surface area is 120 Å². The van der Waals surface area contributed by atoms with Gasteiger partial charge in [0.2, 0.25) is 0 Å². The molecule has 1 aliphatic carbocycles. The summed E-state index contributed by atoms with van der Waals surface area (Å²) in [6, 6.07) is 1.53. The zero-order chi connectivity index (χ0) is 13.7. The molecule has 0 radical (unpaired) electrons. The summed E-state index contributed by atoms with van der Waals surface area (Å²) in [5.41, 5.74) is 0. The molecule has 1 saturated carbocycles. The topological polar surface area (TPSA) is 15.3 Å². The molecule has 0 aromatic heterocycles. The number of hydrogen-bond donors (Lipinski definition) is 1. The zero-order valence-electron chi connectivity index (χ0n) is 13.3. The van der Waals surface area contributed by atoms with Crippen LogP contribution in [0.15, 0.2) is 0 Å². The van der Waals surface area contributed by atoms with Crippen LogP contribution in [-0.2, 0) is 0 Å². The van der Waals surface area contributed by atoms with Crippen LogP contribution in [0.5, 0.6) is 0 Å². The summed E-state index contributed by atoms with van der Waals surface area (Å²) in [6.45, 7) is 10.9. The van der Waals surface area contributed by atoms with E-state index in [1.165, 1.54) is 64.6 Å². The fourth-order valence-electron chi connectivity index (χ4n) is 4.00. The molecule has 2 nitrogen and oxygen atoms in total. The third kappa shape index (κ3) is 4.75. The van der Waals surface area contributed by atoms with Gasteiger partial charge in [0.1, 0.15) is 0 Å². The highest BCUT2D eigenvalue weighted by Gasteiger charge is 2.30. The molecule has 2 aliphatic rings. The average molecular weight is 266 g/mol. The van der Waals surface area contributed by atoms with Crippen LogP contribution in [0.2, 0.25) is 0 Å². The van der Waals surface area contributed by atoms with Gasteiger partial charge in [0.05, 0.1) is 0 Å². The summed E-state index contributed by atoms with van der Waals surface area (Å²) in [6.07, 6.45) is 9.93. The molecule has 2 fully saturated rings. The van der Waals surface area contributed by atoms with Crippen LogP contribution in [0.25, 0.3) is 0 Å². The van der Waals surface area contributed by atoms with E-state index in [2.05, 4.69) is 31.0 Å². The van der Waals surface area contributed by atoms with Crippen LogP contribution < -0.4 is 5.32 Å². The summed E-state index contributed by atoms with van der Waals surface area (Å²) >= 11 is 0. The Morgan fingerprint density at radius 2 is 1.95 bits per heavy atom. The molecule has 2 unspecified atom stereocenters. The first kappa shape index (κ1) is 15.3. The van der Waals surface area contributed by atoms with Crippen LogP contribution in [0.3, 0.4) is 0 Å². The molecule has 0 spiro atoms. The van der Waals surface area contributed by atoms with Crippen LogP contribution in [0.4, 0.5) is 0 Å². The van der Waals surface area contributed by atoms with E-state index in [9.17, 15) is 0 Å². The molecule has 0 aromatic rings. The quantitative estimate of drug-likeness (QED) is 0.789. The second kappa shape index (κ2) is 7.64. The number of nitrogens with zero attached hydrogens (tertiary/aromatic N) is 1. The van der Waals surface area contributed by atoms with E-state index in [1.54, 1.807) is 0 Å². The first-order chi connectivity index (χ1) is 9.19. The molecular weight excluding hydrogens is 232 g/mol. The molecule has 2 atom stereocenters. The zero-order valence-corrected chi connectivity index (χ0v) is 13.3. The fraction of sp³-hybridized carbons (Fsp3) is 1.00. The Balaban J connectivity index is 1.89. The first-order valence-electron chi connectivity index (χ1n) is 8.66. The number of piperazine rings is 1. The minimum absolute atomic E-state index is 0.745. The Hall–Kier alpha value is -0.0800. The molecule has 1 heterocycles. The average Bonchev–Trinajstić information content (AvgIpc) is 2.85. The van der Waals surface area contributed by atoms with Crippen LogP contribution in [0.1, 0.15) is 65.7 Å². The maximum Gasteiger partial charge on any atom is 0.0223 e. The number of rotatable bonds is 6. The molecule has 2 rings (SSSR count). The van der Waals surface area contributed by atoms with Gasteiger partial charge in [-0.25, -0.2) is 0 Å². The van der Waals surface area contributed by atoms with Crippen LogP contribution in [-0.4, -0.2) is 36.6 Å². The van der Waals surface area contributed by atoms with Gasteiger partial charge in [0, 0.05) is 31.7 Å². The van der Waals surface area contributed by atoms with Crippen LogP contribution >= 0.6 is 0 Å². The molecule has 0 bridgehead atoms. The molecule has 1 aliphatic heterocycles. The van der Waals surface area contributed by atoms with Gasteiger partial charge >= 0.3 is 0 Å². The van der Waals surface area contributed by atoms with E-state index >= 15 is 0 Å². The van der Waals surface area contributed by atoms with Gasteiger partial charge in [-0.05, 0) is 37.5 Å². The molecule has 0 amide bonds. The van der Waals surface area contributed by atoms with Gasteiger partial charge in [-0.3, -0.25) is 4.90 Å². The van der Waals surface area contributed by atoms with Gasteiger partial charge in [0.25, 0.3) is 0 Å². The largest absolute Gasteiger partial charge is 0.311 e. The Morgan fingerprint density at radius 3 is 2.58 bits per heavy atom. The molecule has 19 heavy (non-hydrogen) atoms. The summed E-state index contributed by atoms with van der Waals surface area (Å²) in [5.74, 6) is 1.82. The van der Waals surface area contributed by atoms with Gasteiger partial charge in [-0.2, -0.15) is 0 Å². The SMILES string of the molecule is CCCC1CN(CC2CCCC2)C(CC(C)C)CN1. The maximum atomic E-state index is 3.79. The van der Waals surface area contributed by atoms with Crippen molar-refractivity contribution < 1.29 is 0 Å². The predicted octanol–water partition coefficient (Wildman–Crippen LogP) is 3.67. The molecule has 0 aromatic carbocycles. The van der Waals surface area contributed by atoms with E-state index in [1.807, 2.05) is 0 Å². The van der Waals surface area contributed by atoms with Crippen molar-refractivity contribution in [2.75, 3.05) is 19.6 Å². The summed E-state index contributed by atoms with van der Waals surface area (Å²) in [5, 5.41) is 3.79. The second-order valence-electron chi connectivity index (χ2n) is 7.28. The van der Waals surface area contributed by atoms with Crippen molar-refractivity contribution >= 4 is 0 Å². The molecule has 1 N–H and O–H groups in total. The summed E-state index contributed by atoms with van der Waals surface area (Å²) in [7, 11) is 0. The third-order valence-electron chi connectivity index (χ3n) is 4.96. The van der Waals surface area contributed by atoms with Crippen molar-refractivity contribution in [2.45, 2.75) is 77.8 Å². The minimum Gasteiger partial charge on any atom is -0.311 e. The lowest BCUT2D eigenvalue weighted by atomic mass is 9.96. The standard InChI is InChI=1S/C17H34N2/c1-4-7-16-13-19(12-15-8-5-6-9-15)17(11-18-16)10-14(2)3/h14-18H,4-13H2,1-3H3. The normalized spacial score (nSPS) is 30.3. The van der Waals surface area contributed by atoms with Gasteiger partial charge in [-0.1, -0.05) is 40.0 Å². The smallest absolute Gasteiger partial charge is 0.0223 e. The van der Waals surface area contributed by atoms with Gasteiger partial charge in [-0.15, -0.1) is 0 Å². The Morgan fingerprint density at radius 1 is 1.21 bits per heavy atom. The van der Waals surface area contributed by atoms with Crippen molar-refractivity contribution in [1.29, 1.82) is 0 Å². The highest BCUT2D eigenvalue weighted by molar-refractivity contribution is 4.88. The van der Waals surface area contributed by atoms with E-state index in [-0.39, 0.29) is 0 Å². The van der Waals surface area contributed by atoms with Gasteiger partial charge in [0.15, 0.2) is 0 Å². The lowest BCUT2D eigenvalue weighted by Gasteiger charge is -2.42. The van der Waals surface area contributed by atoms with Crippen molar-refractivity contribution in [3.8, 4) is 0 Å². The van der Waals surface area contributed by atoms with E-state index in [0.29, 0.717) is 0 Å². The van der Waals surface area contributed by atoms with Crippen LogP contribution in [0, 0.1) is 11.8 Å². The number of hydrogen-bond acceptors (Lipinski definition) is 2. The highest BCUT2D eigenvalue weighted by atomic mass is 15.2. The predicted molar refractivity (Wildman–Crippen MR) is 83.5 cm³/mol. The van der Waals surface area contributed by atoms with Crippen molar-refractivity contribution in [3.05, 3.63) is 0 Å². The second-order valence-corrected chi connectivity index (χ2v) is 7.28. The Bertz CT molecular complexity index is 246. The van der Waals surface area contributed by atoms with E-state index in [4.69, 9.17) is 0 Å². The van der Waals surface area contributed by atoms with Crippen molar-refractivity contribution in [3.63, 3.8) is 0 Å². The molecule has 1 saturated heterocycles. The lowest BCUT2D eigenvalue weighted by Crippen LogP contribution is -2.57. The third-order valence-corrected chi connectivity index (χ3v) is 4.96. The van der Waals surface area contributed by atoms with E-state index < -0.39 is 0 Å². The summed E-state index contributed by atoms with van der Waals surface area (Å²) < 4.78 is 0. The maximum absolute atomic E-state index is 3.79. The van der Waals surface area contributed by atoms with Crippen molar-refractivity contribution in [1.82, 2.24) is 10.2 Å². The summed E-state index contributed by atoms with van der Waals surface area (Å²) in [4.78, 5) is 2.84. The highest BCUT2D eigenvalue weighted by Crippen LogP contribution is 2.28. The van der Waals surface area contributed by atoms with E-state index in [0.717, 1.165) is 23.9 Å². The Kier molecular flexibility index (Phi) is 6.15. The number of nitrogens with one attached hydrogen (secondary N) is 1. The first-order valence-corrected chi connectivity index (χ1v) is 8.66. The monoisotopic (exact) mass is 266 g/mol.